The molecule has 1 heterocycles. The molecule has 0 bridgehead atoms. The van der Waals surface area contributed by atoms with Crippen LogP contribution in [0.4, 0.5) is 0 Å². The third-order valence-corrected chi connectivity index (χ3v) is 1.82. The van der Waals surface area contributed by atoms with Crippen molar-refractivity contribution in [3.63, 3.8) is 0 Å². The summed E-state index contributed by atoms with van der Waals surface area (Å²) in [5, 5.41) is 0. The van der Waals surface area contributed by atoms with Gasteiger partial charge in [-0.25, -0.2) is 9.97 Å². The molecule has 2 nitrogen and oxygen atoms in total. The summed E-state index contributed by atoms with van der Waals surface area (Å²) in [6, 6.07) is 0. The second-order valence-electron chi connectivity index (χ2n) is 2.54. The molecule has 1 aliphatic carbocycles. The Morgan fingerprint density at radius 3 is 3.11 bits per heavy atom. The second kappa shape index (κ2) is 1.53. The van der Waals surface area contributed by atoms with Crippen molar-refractivity contribution in [3.05, 3.63) is 23.8 Å². The molecule has 1 aromatic rings. The summed E-state index contributed by atoms with van der Waals surface area (Å²) < 4.78 is 0. The molecule has 2 heteroatoms. The van der Waals surface area contributed by atoms with Crippen molar-refractivity contribution < 1.29 is 0 Å². The van der Waals surface area contributed by atoms with Crippen LogP contribution in [-0.4, -0.2) is 9.97 Å². The highest BCUT2D eigenvalue weighted by atomic mass is 14.8. The van der Waals surface area contributed by atoms with Crippen LogP contribution < -0.4 is 0 Å². The maximum absolute atomic E-state index is 4.14. The van der Waals surface area contributed by atoms with Gasteiger partial charge in [-0.3, -0.25) is 0 Å². The molecule has 0 N–H and O–H groups in total. The van der Waals surface area contributed by atoms with Gasteiger partial charge in [0.1, 0.15) is 6.33 Å². The second-order valence-corrected chi connectivity index (χ2v) is 2.54. The summed E-state index contributed by atoms with van der Waals surface area (Å²) in [5.74, 6) is 0.669. The first kappa shape index (κ1) is 4.91. The molecule has 1 aliphatic rings. The average molecular weight is 120 g/mol. The summed E-state index contributed by atoms with van der Waals surface area (Å²) in [6.45, 7) is 2.19. The fourth-order valence-electron chi connectivity index (χ4n) is 1.26. The minimum atomic E-state index is 0.669. The van der Waals surface area contributed by atoms with Gasteiger partial charge in [0.2, 0.25) is 0 Å². The molecule has 0 fully saturated rings. The van der Waals surface area contributed by atoms with Crippen LogP contribution in [0.3, 0.4) is 0 Å². The number of aromatic nitrogens is 2. The van der Waals surface area contributed by atoms with E-state index >= 15 is 0 Å². The molecule has 0 saturated heterocycles. The molecular formula is C7H8N2. The maximum atomic E-state index is 4.14. The lowest BCUT2D eigenvalue weighted by atomic mass is 9.85. The smallest absolute Gasteiger partial charge is 0.115 e. The zero-order valence-electron chi connectivity index (χ0n) is 5.33. The molecular weight excluding hydrogens is 112 g/mol. The molecule has 0 aliphatic heterocycles. The topological polar surface area (TPSA) is 25.8 Å². The maximum Gasteiger partial charge on any atom is 0.115 e. The Labute approximate surface area is 54.0 Å². The van der Waals surface area contributed by atoms with E-state index in [2.05, 4.69) is 16.9 Å². The van der Waals surface area contributed by atoms with E-state index in [1.54, 1.807) is 6.33 Å². The van der Waals surface area contributed by atoms with Crippen LogP contribution in [0, 0.1) is 0 Å². The average Bonchev–Trinajstić information content (AvgIpc) is 1.86. The summed E-state index contributed by atoms with van der Waals surface area (Å²) >= 11 is 0. The SMILES string of the molecule is CC1Cc2cncnc21. The number of hydrogen-bond acceptors (Lipinski definition) is 2. The Balaban J connectivity index is 2.51. The van der Waals surface area contributed by atoms with Crippen molar-refractivity contribution in [2.75, 3.05) is 0 Å². The number of rotatable bonds is 0. The van der Waals surface area contributed by atoms with Crippen molar-refractivity contribution in [3.8, 4) is 0 Å². The zero-order chi connectivity index (χ0) is 6.27. The first-order valence-corrected chi connectivity index (χ1v) is 3.16. The third-order valence-electron chi connectivity index (χ3n) is 1.82. The molecule has 0 aromatic carbocycles. The predicted octanol–water partition coefficient (Wildman–Crippen LogP) is 1.14. The zero-order valence-corrected chi connectivity index (χ0v) is 5.33. The number of fused-ring (bicyclic) bond motifs is 1. The van der Waals surface area contributed by atoms with Crippen molar-refractivity contribution in [1.82, 2.24) is 9.97 Å². The normalized spacial score (nSPS) is 22.6. The Morgan fingerprint density at radius 1 is 1.67 bits per heavy atom. The summed E-state index contributed by atoms with van der Waals surface area (Å²) in [4.78, 5) is 8.06. The third kappa shape index (κ3) is 0.559. The van der Waals surface area contributed by atoms with Gasteiger partial charge >= 0.3 is 0 Å². The van der Waals surface area contributed by atoms with Gasteiger partial charge in [0, 0.05) is 12.1 Å². The van der Waals surface area contributed by atoms with Gasteiger partial charge in [-0.15, -0.1) is 0 Å². The number of hydrogen-bond donors (Lipinski definition) is 0. The van der Waals surface area contributed by atoms with Gasteiger partial charge in [0.05, 0.1) is 5.69 Å². The van der Waals surface area contributed by atoms with E-state index in [1.165, 1.54) is 11.3 Å². The van der Waals surface area contributed by atoms with E-state index in [1.807, 2.05) is 6.20 Å². The van der Waals surface area contributed by atoms with Gasteiger partial charge < -0.3 is 0 Å². The minimum Gasteiger partial charge on any atom is -0.245 e. The molecule has 2 rings (SSSR count). The van der Waals surface area contributed by atoms with E-state index in [9.17, 15) is 0 Å². The molecule has 9 heavy (non-hydrogen) atoms. The van der Waals surface area contributed by atoms with Crippen LogP contribution >= 0.6 is 0 Å². The highest BCUT2D eigenvalue weighted by Gasteiger charge is 2.22. The molecule has 1 unspecified atom stereocenters. The summed E-state index contributed by atoms with van der Waals surface area (Å²) in [7, 11) is 0. The van der Waals surface area contributed by atoms with E-state index in [0.717, 1.165) is 6.42 Å². The Morgan fingerprint density at radius 2 is 2.56 bits per heavy atom. The van der Waals surface area contributed by atoms with Gasteiger partial charge in [-0.05, 0) is 12.0 Å². The first-order chi connectivity index (χ1) is 4.38. The Bertz CT molecular complexity index is 232. The highest BCUT2D eigenvalue weighted by molar-refractivity contribution is 5.30. The fourth-order valence-corrected chi connectivity index (χ4v) is 1.26. The Kier molecular flexibility index (Phi) is 0.835. The first-order valence-electron chi connectivity index (χ1n) is 3.16. The molecule has 0 radical (unpaired) electrons. The van der Waals surface area contributed by atoms with Crippen molar-refractivity contribution in [2.45, 2.75) is 19.3 Å². The van der Waals surface area contributed by atoms with E-state index < -0.39 is 0 Å². The molecule has 0 saturated carbocycles. The largest absolute Gasteiger partial charge is 0.245 e. The molecule has 1 atom stereocenters. The fraction of sp³-hybridized carbons (Fsp3) is 0.429. The van der Waals surface area contributed by atoms with Crippen molar-refractivity contribution in [2.24, 2.45) is 0 Å². The summed E-state index contributed by atoms with van der Waals surface area (Å²) in [6.07, 6.45) is 4.69. The van der Waals surface area contributed by atoms with E-state index in [-0.39, 0.29) is 0 Å². The standard InChI is InChI=1S/C7H8N2/c1-5-2-6-3-8-4-9-7(5)6/h3-5H,2H2,1H3. The highest BCUT2D eigenvalue weighted by Crippen LogP contribution is 2.30. The van der Waals surface area contributed by atoms with Gasteiger partial charge in [0.15, 0.2) is 0 Å². The van der Waals surface area contributed by atoms with Crippen LogP contribution in [-0.2, 0) is 6.42 Å². The quantitative estimate of drug-likeness (QED) is 0.513. The Hall–Kier alpha value is -0.920. The predicted molar refractivity (Wildman–Crippen MR) is 34.2 cm³/mol. The molecule has 0 amide bonds. The minimum absolute atomic E-state index is 0.669. The lowest BCUT2D eigenvalue weighted by Gasteiger charge is -2.23. The number of nitrogens with zero attached hydrogens (tertiary/aromatic N) is 2. The molecule has 1 aromatic heterocycles. The lowest BCUT2D eigenvalue weighted by molar-refractivity contribution is 0.627. The van der Waals surface area contributed by atoms with Crippen LogP contribution in [0.25, 0.3) is 0 Å². The molecule has 0 spiro atoms. The van der Waals surface area contributed by atoms with Gasteiger partial charge in [-0.1, -0.05) is 6.92 Å². The van der Waals surface area contributed by atoms with E-state index in [0.29, 0.717) is 5.92 Å². The monoisotopic (exact) mass is 120 g/mol. The van der Waals surface area contributed by atoms with Crippen molar-refractivity contribution >= 4 is 0 Å². The van der Waals surface area contributed by atoms with Crippen LogP contribution in [0.1, 0.15) is 24.1 Å². The molecule has 46 valence electrons. The van der Waals surface area contributed by atoms with E-state index in [4.69, 9.17) is 0 Å². The van der Waals surface area contributed by atoms with Crippen LogP contribution in [0.2, 0.25) is 0 Å². The lowest BCUT2D eigenvalue weighted by Crippen LogP contribution is -2.16. The summed E-state index contributed by atoms with van der Waals surface area (Å²) in [5.41, 5.74) is 2.56. The van der Waals surface area contributed by atoms with Crippen LogP contribution in [0.5, 0.6) is 0 Å². The van der Waals surface area contributed by atoms with Crippen LogP contribution in [0.15, 0.2) is 12.5 Å². The van der Waals surface area contributed by atoms with Crippen molar-refractivity contribution in [1.29, 1.82) is 0 Å². The van der Waals surface area contributed by atoms with Gasteiger partial charge in [-0.2, -0.15) is 0 Å². The van der Waals surface area contributed by atoms with Gasteiger partial charge in [0.25, 0.3) is 0 Å².